The van der Waals surface area contributed by atoms with Gasteiger partial charge >= 0.3 is 0 Å². The number of halogens is 2. The van der Waals surface area contributed by atoms with Crippen molar-refractivity contribution in [3.63, 3.8) is 0 Å². The van der Waals surface area contributed by atoms with Gasteiger partial charge in [-0.3, -0.25) is 4.79 Å². The summed E-state index contributed by atoms with van der Waals surface area (Å²) >= 11 is 11.6. The number of hydrogen-bond donors (Lipinski definition) is 0. The molecule has 0 aliphatic rings. The van der Waals surface area contributed by atoms with Gasteiger partial charge in [0.25, 0.3) is 0 Å². The highest BCUT2D eigenvalue weighted by Crippen LogP contribution is 2.23. The van der Waals surface area contributed by atoms with Gasteiger partial charge in [0.15, 0.2) is 5.78 Å². The zero-order valence-corrected chi connectivity index (χ0v) is 9.69. The summed E-state index contributed by atoms with van der Waals surface area (Å²) in [6.45, 7) is 4.02. The SMILES string of the molecule is CC(C)CC(=O)c1ccc(Cl)c(Cl)c1. The zero-order chi connectivity index (χ0) is 10.7. The summed E-state index contributed by atoms with van der Waals surface area (Å²) in [6.07, 6.45) is 0.540. The fraction of sp³-hybridized carbons (Fsp3) is 0.364. The summed E-state index contributed by atoms with van der Waals surface area (Å²) < 4.78 is 0. The molecule has 0 fully saturated rings. The standard InChI is InChI=1S/C11H12Cl2O/c1-7(2)5-11(14)8-3-4-9(12)10(13)6-8/h3-4,6-7H,5H2,1-2H3. The largest absolute Gasteiger partial charge is 0.294 e. The van der Waals surface area contributed by atoms with Crippen molar-refractivity contribution >= 4 is 29.0 Å². The fourth-order valence-electron chi connectivity index (χ4n) is 1.16. The molecule has 76 valence electrons. The van der Waals surface area contributed by atoms with E-state index >= 15 is 0 Å². The van der Waals surface area contributed by atoms with Crippen molar-refractivity contribution in [3.8, 4) is 0 Å². The van der Waals surface area contributed by atoms with Crippen LogP contribution in [0, 0.1) is 5.92 Å². The lowest BCUT2D eigenvalue weighted by Crippen LogP contribution is -2.03. The minimum absolute atomic E-state index is 0.110. The topological polar surface area (TPSA) is 17.1 Å². The molecule has 0 unspecified atom stereocenters. The maximum absolute atomic E-state index is 11.6. The summed E-state index contributed by atoms with van der Waals surface area (Å²) in [4.78, 5) is 11.6. The first-order valence-electron chi connectivity index (χ1n) is 4.49. The summed E-state index contributed by atoms with van der Waals surface area (Å²) in [5.41, 5.74) is 0.633. The van der Waals surface area contributed by atoms with Crippen LogP contribution in [0.1, 0.15) is 30.6 Å². The number of rotatable bonds is 3. The van der Waals surface area contributed by atoms with Gasteiger partial charge in [0.05, 0.1) is 10.0 Å². The van der Waals surface area contributed by atoms with Crippen LogP contribution in [-0.4, -0.2) is 5.78 Å². The fourth-order valence-corrected chi connectivity index (χ4v) is 1.46. The predicted molar refractivity (Wildman–Crippen MR) is 60.2 cm³/mol. The lowest BCUT2D eigenvalue weighted by atomic mass is 10.0. The Bertz CT molecular complexity index is 345. The van der Waals surface area contributed by atoms with Crippen molar-refractivity contribution < 1.29 is 4.79 Å². The van der Waals surface area contributed by atoms with E-state index < -0.39 is 0 Å². The molecule has 1 aromatic carbocycles. The maximum Gasteiger partial charge on any atom is 0.163 e. The van der Waals surface area contributed by atoms with Gasteiger partial charge in [-0.25, -0.2) is 0 Å². The van der Waals surface area contributed by atoms with Crippen LogP contribution in [0.25, 0.3) is 0 Å². The highest BCUT2D eigenvalue weighted by molar-refractivity contribution is 6.42. The number of ketones is 1. The van der Waals surface area contributed by atoms with E-state index in [1.54, 1.807) is 18.2 Å². The predicted octanol–water partition coefficient (Wildman–Crippen LogP) is 4.22. The third-order valence-corrected chi connectivity index (χ3v) is 2.57. The molecule has 1 rings (SSSR count). The summed E-state index contributed by atoms with van der Waals surface area (Å²) in [5, 5.41) is 0.911. The van der Waals surface area contributed by atoms with Crippen LogP contribution in [0.2, 0.25) is 10.0 Å². The smallest absolute Gasteiger partial charge is 0.163 e. The molecule has 0 saturated heterocycles. The molecule has 1 nitrogen and oxygen atoms in total. The van der Waals surface area contributed by atoms with E-state index in [0.717, 1.165) is 0 Å². The van der Waals surface area contributed by atoms with Crippen molar-refractivity contribution in [2.75, 3.05) is 0 Å². The molecule has 1 aromatic rings. The van der Waals surface area contributed by atoms with Crippen LogP contribution in [0.15, 0.2) is 18.2 Å². The molecule has 0 bridgehead atoms. The quantitative estimate of drug-likeness (QED) is 0.711. The molecule has 0 aromatic heterocycles. The highest BCUT2D eigenvalue weighted by Gasteiger charge is 2.09. The number of carbonyl (C=O) groups is 1. The monoisotopic (exact) mass is 230 g/mol. The number of Topliss-reactive ketones (excluding diaryl/α,β-unsaturated/α-hetero) is 1. The Morgan fingerprint density at radius 3 is 2.43 bits per heavy atom. The zero-order valence-electron chi connectivity index (χ0n) is 8.18. The van der Waals surface area contributed by atoms with Crippen molar-refractivity contribution in [2.24, 2.45) is 5.92 Å². The molecule has 0 amide bonds. The lowest BCUT2D eigenvalue weighted by Gasteiger charge is -2.04. The van der Waals surface area contributed by atoms with Gasteiger partial charge in [-0.15, -0.1) is 0 Å². The van der Waals surface area contributed by atoms with E-state index in [2.05, 4.69) is 0 Å². The van der Waals surface area contributed by atoms with E-state index in [-0.39, 0.29) is 5.78 Å². The Kier molecular flexibility index (Phi) is 3.97. The van der Waals surface area contributed by atoms with Crippen LogP contribution in [0.3, 0.4) is 0 Å². The molecule has 0 radical (unpaired) electrons. The molecule has 0 saturated carbocycles. The molecular formula is C11H12Cl2O. The Hall–Kier alpha value is -0.530. The van der Waals surface area contributed by atoms with Crippen LogP contribution < -0.4 is 0 Å². The average molecular weight is 231 g/mol. The molecule has 0 atom stereocenters. The Balaban J connectivity index is 2.86. The highest BCUT2D eigenvalue weighted by atomic mass is 35.5. The maximum atomic E-state index is 11.6. The lowest BCUT2D eigenvalue weighted by molar-refractivity contribution is 0.0968. The van der Waals surface area contributed by atoms with Crippen molar-refractivity contribution in [2.45, 2.75) is 20.3 Å². The minimum atomic E-state index is 0.110. The van der Waals surface area contributed by atoms with Gasteiger partial charge < -0.3 is 0 Å². The number of carbonyl (C=O) groups excluding carboxylic acids is 1. The second-order valence-corrected chi connectivity index (χ2v) is 4.46. The van der Waals surface area contributed by atoms with Crippen LogP contribution >= 0.6 is 23.2 Å². The number of hydrogen-bond acceptors (Lipinski definition) is 1. The van der Waals surface area contributed by atoms with Crippen molar-refractivity contribution in [1.82, 2.24) is 0 Å². The van der Waals surface area contributed by atoms with Gasteiger partial charge in [0.1, 0.15) is 0 Å². The van der Waals surface area contributed by atoms with E-state index in [4.69, 9.17) is 23.2 Å². The average Bonchev–Trinajstić information content (AvgIpc) is 2.08. The third kappa shape index (κ3) is 3.00. The Labute approximate surface area is 94.0 Å². The van der Waals surface area contributed by atoms with Gasteiger partial charge in [-0.1, -0.05) is 37.0 Å². The Morgan fingerprint density at radius 1 is 1.29 bits per heavy atom. The molecule has 0 aliphatic carbocycles. The van der Waals surface area contributed by atoms with E-state index in [1.807, 2.05) is 13.8 Å². The first-order chi connectivity index (χ1) is 6.50. The molecule has 0 N–H and O–H groups in total. The van der Waals surface area contributed by atoms with Crippen molar-refractivity contribution in [3.05, 3.63) is 33.8 Å². The molecule has 0 aliphatic heterocycles. The molecule has 14 heavy (non-hydrogen) atoms. The number of benzene rings is 1. The summed E-state index contributed by atoms with van der Waals surface area (Å²) in [5.74, 6) is 0.468. The van der Waals surface area contributed by atoms with E-state index in [9.17, 15) is 4.79 Å². The molecule has 0 heterocycles. The second-order valence-electron chi connectivity index (χ2n) is 3.65. The van der Waals surface area contributed by atoms with E-state index in [0.29, 0.717) is 27.9 Å². The third-order valence-electron chi connectivity index (χ3n) is 1.84. The van der Waals surface area contributed by atoms with Gasteiger partial charge in [-0.05, 0) is 24.1 Å². The van der Waals surface area contributed by atoms with Crippen molar-refractivity contribution in [1.29, 1.82) is 0 Å². The van der Waals surface area contributed by atoms with E-state index in [1.165, 1.54) is 0 Å². The first-order valence-corrected chi connectivity index (χ1v) is 5.24. The van der Waals surface area contributed by atoms with Crippen LogP contribution in [0.5, 0.6) is 0 Å². The van der Waals surface area contributed by atoms with Gasteiger partial charge in [0.2, 0.25) is 0 Å². The summed E-state index contributed by atoms with van der Waals surface area (Å²) in [7, 11) is 0. The first kappa shape index (κ1) is 11.5. The summed E-state index contributed by atoms with van der Waals surface area (Å²) in [6, 6.07) is 4.98. The molecular weight excluding hydrogens is 219 g/mol. The minimum Gasteiger partial charge on any atom is -0.294 e. The van der Waals surface area contributed by atoms with Crippen LogP contribution in [-0.2, 0) is 0 Å². The molecule has 0 spiro atoms. The van der Waals surface area contributed by atoms with Gasteiger partial charge in [-0.2, -0.15) is 0 Å². The normalized spacial score (nSPS) is 10.6. The Morgan fingerprint density at radius 2 is 1.93 bits per heavy atom. The second kappa shape index (κ2) is 4.81. The van der Waals surface area contributed by atoms with Crippen LogP contribution in [0.4, 0.5) is 0 Å². The van der Waals surface area contributed by atoms with Gasteiger partial charge in [0, 0.05) is 12.0 Å². The molecule has 3 heteroatoms.